The highest BCUT2D eigenvalue weighted by molar-refractivity contribution is 5.94. The van der Waals surface area contributed by atoms with Gasteiger partial charge < -0.3 is 14.6 Å². The first-order valence-corrected chi connectivity index (χ1v) is 8.23. The van der Waals surface area contributed by atoms with E-state index >= 15 is 0 Å². The number of carbonyl (C=O) groups excluding carboxylic acids is 1. The van der Waals surface area contributed by atoms with Crippen LogP contribution in [-0.4, -0.2) is 34.3 Å². The molecule has 0 bridgehead atoms. The van der Waals surface area contributed by atoms with Crippen LogP contribution in [0.3, 0.4) is 0 Å². The molecule has 0 radical (unpaired) electrons. The van der Waals surface area contributed by atoms with E-state index in [4.69, 9.17) is 4.74 Å². The summed E-state index contributed by atoms with van der Waals surface area (Å²) in [5.41, 5.74) is 3.90. The summed E-state index contributed by atoms with van der Waals surface area (Å²) in [7, 11) is 1.67. The van der Waals surface area contributed by atoms with Crippen molar-refractivity contribution in [2.45, 2.75) is 25.8 Å². The van der Waals surface area contributed by atoms with E-state index in [9.17, 15) is 4.79 Å². The molecule has 2 aromatic heterocycles. The zero-order chi connectivity index (χ0) is 16.5. The quantitative estimate of drug-likeness (QED) is 0.756. The molecule has 1 aliphatic rings. The van der Waals surface area contributed by atoms with Gasteiger partial charge in [0.25, 0.3) is 5.91 Å². The molecular formula is C18H20N4O2. The predicted molar refractivity (Wildman–Crippen MR) is 91.4 cm³/mol. The Hall–Kier alpha value is -2.76. The molecule has 1 aromatic carbocycles. The molecule has 0 aliphatic heterocycles. The lowest BCUT2D eigenvalue weighted by molar-refractivity contribution is 0.0946. The number of amides is 1. The number of hydrogen-bond donors (Lipinski definition) is 2. The molecule has 6 heteroatoms. The lowest BCUT2D eigenvalue weighted by Crippen LogP contribution is -2.28. The summed E-state index contributed by atoms with van der Waals surface area (Å²) in [4.78, 5) is 12.3. The van der Waals surface area contributed by atoms with Crippen molar-refractivity contribution in [2.75, 3.05) is 13.7 Å². The van der Waals surface area contributed by atoms with Gasteiger partial charge in [0.15, 0.2) is 5.69 Å². The van der Waals surface area contributed by atoms with Gasteiger partial charge in [0.05, 0.1) is 7.11 Å². The Balaban J connectivity index is 1.41. The van der Waals surface area contributed by atoms with Crippen molar-refractivity contribution < 1.29 is 9.53 Å². The number of methoxy groups -OCH3 is 1. The summed E-state index contributed by atoms with van der Waals surface area (Å²) in [6.45, 7) is 1.28. The fourth-order valence-corrected chi connectivity index (χ4v) is 3.38. The van der Waals surface area contributed by atoms with Crippen LogP contribution in [0.5, 0.6) is 5.75 Å². The SMILES string of the molecule is COc1ccc2c(ccn2CCNC(=O)c2n[nH]c3c2CCC3)c1. The van der Waals surface area contributed by atoms with Gasteiger partial charge >= 0.3 is 0 Å². The molecule has 6 nitrogen and oxygen atoms in total. The van der Waals surface area contributed by atoms with Crippen molar-refractivity contribution >= 4 is 16.8 Å². The van der Waals surface area contributed by atoms with Gasteiger partial charge in [-0.2, -0.15) is 5.10 Å². The summed E-state index contributed by atoms with van der Waals surface area (Å²) in [5, 5.41) is 11.2. The molecule has 0 spiro atoms. The van der Waals surface area contributed by atoms with Crippen molar-refractivity contribution in [1.82, 2.24) is 20.1 Å². The average molecular weight is 324 g/mol. The van der Waals surface area contributed by atoms with E-state index in [-0.39, 0.29) is 5.91 Å². The Morgan fingerprint density at radius 2 is 2.29 bits per heavy atom. The number of carbonyl (C=O) groups is 1. The molecule has 124 valence electrons. The number of hydrogen-bond acceptors (Lipinski definition) is 3. The number of fused-ring (bicyclic) bond motifs is 2. The van der Waals surface area contributed by atoms with Crippen LogP contribution in [0.25, 0.3) is 10.9 Å². The third-order valence-corrected chi connectivity index (χ3v) is 4.64. The number of nitrogens with one attached hydrogen (secondary N) is 2. The number of nitrogens with zero attached hydrogens (tertiary/aromatic N) is 2. The first-order chi connectivity index (χ1) is 11.8. The van der Waals surface area contributed by atoms with Gasteiger partial charge in [0.2, 0.25) is 0 Å². The maximum atomic E-state index is 12.3. The fourth-order valence-electron chi connectivity index (χ4n) is 3.38. The van der Waals surface area contributed by atoms with Crippen LogP contribution >= 0.6 is 0 Å². The summed E-state index contributed by atoms with van der Waals surface area (Å²) in [5.74, 6) is 0.758. The Labute approximate surface area is 139 Å². The minimum Gasteiger partial charge on any atom is -0.497 e. The van der Waals surface area contributed by atoms with Crippen molar-refractivity contribution in [3.63, 3.8) is 0 Å². The third-order valence-electron chi connectivity index (χ3n) is 4.64. The van der Waals surface area contributed by atoms with E-state index in [0.29, 0.717) is 18.8 Å². The second kappa shape index (κ2) is 6.03. The second-order valence-corrected chi connectivity index (χ2v) is 6.07. The molecular weight excluding hydrogens is 304 g/mol. The highest BCUT2D eigenvalue weighted by Crippen LogP contribution is 2.23. The van der Waals surface area contributed by atoms with Gasteiger partial charge in [-0.25, -0.2) is 0 Å². The largest absolute Gasteiger partial charge is 0.497 e. The molecule has 0 unspecified atom stereocenters. The van der Waals surface area contributed by atoms with Crippen LogP contribution in [0.4, 0.5) is 0 Å². The lowest BCUT2D eigenvalue weighted by atomic mass is 10.2. The molecule has 1 amide bonds. The second-order valence-electron chi connectivity index (χ2n) is 6.07. The van der Waals surface area contributed by atoms with Crippen LogP contribution in [0.2, 0.25) is 0 Å². The van der Waals surface area contributed by atoms with Gasteiger partial charge in [0.1, 0.15) is 5.75 Å². The van der Waals surface area contributed by atoms with E-state index in [1.54, 1.807) is 7.11 Å². The molecule has 1 aliphatic carbocycles. The number of rotatable bonds is 5. The Kier molecular flexibility index (Phi) is 3.72. The van der Waals surface area contributed by atoms with E-state index in [0.717, 1.165) is 47.2 Å². The van der Waals surface area contributed by atoms with Crippen LogP contribution in [0.15, 0.2) is 30.5 Å². The van der Waals surface area contributed by atoms with E-state index in [2.05, 4.69) is 26.1 Å². The van der Waals surface area contributed by atoms with Crippen molar-refractivity contribution in [3.05, 3.63) is 47.4 Å². The molecule has 2 N–H and O–H groups in total. The molecule has 0 atom stereocenters. The van der Waals surface area contributed by atoms with Crippen LogP contribution in [-0.2, 0) is 19.4 Å². The van der Waals surface area contributed by atoms with Crippen molar-refractivity contribution in [1.29, 1.82) is 0 Å². The molecule has 2 heterocycles. The van der Waals surface area contributed by atoms with E-state index in [1.165, 1.54) is 0 Å². The Morgan fingerprint density at radius 1 is 1.38 bits per heavy atom. The Bertz CT molecular complexity index is 894. The minimum absolute atomic E-state index is 0.0902. The smallest absolute Gasteiger partial charge is 0.272 e. The summed E-state index contributed by atoms with van der Waals surface area (Å²) in [6, 6.07) is 8.05. The summed E-state index contributed by atoms with van der Waals surface area (Å²) < 4.78 is 7.37. The number of ether oxygens (including phenoxy) is 1. The van der Waals surface area contributed by atoms with Crippen molar-refractivity contribution in [2.24, 2.45) is 0 Å². The summed E-state index contributed by atoms with van der Waals surface area (Å²) in [6.07, 6.45) is 5.07. The topological polar surface area (TPSA) is 71.9 Å². The number of aromatic nitrogens is 3. The standard InChI is InChI=1S/C18H20N4O2/c1-24-13-5-6-16-12(11-13)7-9-22(16)10-8-19-18(23)17-14-3-2-4-15(14)20-21-17/h5-7,9,11H,2-4,8,10H2,1H3,(H,19,23)(H,20,21). The molecule has 0 fully saturated rings. The molecule has 3 aromatic rings. The lowest BCUT2D eigenvalue weighted by Gasteiger charge is -2.08. The zero-order valence-corrected chi connectivity index (χ0v) is 13.6. The zero-order valence-electron chi connectivity index (χ0n) is 13.6. The average Bonchev–Trinajstić information content (AvgIpc) is 3.29. The molecule has 24 heavy (non-hydrogen) atoms. The van der Waals surface area contributed by atoms with Gasteiger partial charge in [-0.3, -0.25) is 9.89 Å². The first-order valence-electron chi connectivity index (χ1n) is 8.23. The first kappa shape index (κ1) is 14.8. The van der Waals surface area contributed by atoms with Crippen LogP contribution < -0.4 is 10.1 Å². The van der Waals surface area contributed by atoms with Crippen LogP contribution in [0.1, 0.15) is 28.2 Å². The van der Waals surface area contributed by atoms with Gasteiger partial charge in [-0.05, 0) is 43.5 Å². The minimum atomic E-state index is -0.0902. The monoisotopic (exact) mass is 324 g/mol. The highest BCUT2D eigenvalue weighted by atomic mass is 16.5. The third kappa shape index (κ3) is 2.54. The van der Waals surface area contributed by atoms with E-state index in [1.807, 2.05) is 24.4 Å². The van der Waals surface area contributed by atoms with E-state index < -0.39 is 0 Å². The predicted octanol–water partition coefficient (Wildman–Crippen LogP) is 2.29. The molecule has 4 rings (SSSR count). The molecule has 0 saturated carbocycles. The normalized spacial score (nSPS) is 13.2. The number of benzene rings is 1. The van der Waals surface area contributed by atoms with Gasteiger partial charge in [-0.1, -0.05) is 0 Å². The number of H-pyrrole nitrogens is 1. The van der Waals surface area contributed by atoms with Crippen LogP contribution in [0, 0.1) is 0 Å². The maximum absolute atomic E-state index is 12.3. The Morgan fingerprint density at radius 3 is 3.17 bits per heavy atom. The summed E-state index contributed by atoms with van der Waals surface area (Å²) >= 11 is 0. The number of aryl methyl sites for hydroxylation is 1. The van der Waals surface area contributed by atoms with Gasteiger partial charge in [-0.15, -0.1) is 0 Å². The number of aromatic amines is 1. The van der Waals surface area contributed by atoms with Gasteiger partial charge in [0, 0.05) is 41.4 Å². The maximum Gasteiger partial charge on any atom is 0.272 e. The van der Waals surface area contributed by atoms with Crippen molar-refractivity contribution in [3.8, 4) is 5.75 Å². The fraction of sp³-hybridized carbons (Fsp3) is 0.333. The highest BCUT2D eigenvalue weighted by Gasteiger charge is 2.22. The molecule has 0 saturated heterocycles.